The molecule has 6 atom stereocenters. The zero-order valence-electron chi connectivity index (χ0n) is 36.7. The first kappa shape index (κ1) is 42.7. The molecule has 3 aliphatic heterocycles. The molecule has 0 amide bonds. The number of benzene rings is 8. The summed E-state index contributed by atoms with van der Waals surface area (Å²) in [5, 5.41) is 96.4. The van der Waals surface area contributed by atoms with Gasteiger partial charge >= 0.3 is 0 Å². The van der Waals surface area contributed by atoms with Crippen molar-refractivity contribution in [3.8, 4) is 69.0 Å². The van der Waals surface area contributed by atoms with Crippen molar-refractivity contribution >= 4 is 12.2 Å². The van der Waals surface area contributed by atoms with Crippen molar-refractivity contribution in [1.29, 1.82) is 0 Å². The molecule has 12 nitrogen and oxygen atoms in total. The van der Waals surface area contributed by atoms with Gasteiger partial charge in [0.05, 0.1) is 17.8 Å². The third kappa shape index (κ3) is 7.52. The van der Waals surface area contributed by atoms with Crippen LogP contribution in [0.3, 0.4) is 0 Å². The first-order valence-electron chi connectivity index (χ1n) is 22.2. The van der Waals surface area contributed by atoms with Crippen LogP contribution in [0.2, 0.25) is 0 Å². The summed E-state index contributed by atoms with van der Waals surface area (Å²) in [4.78, 5) is 0. The summed E-state index contributed by atoms with van der Waals surface area (Å²) in [6.07, 6.45) is 2.35. The normalized spacial score (nSPS) is 21.0. The molecule has 2 unspecified atom stereocenters. The number of aromatic hydroxyl groups is 9. The fourth-order valence-electron chi connectivity index (χ4n) is 10.6. The SMILES string of the molecule is C[C@]1(c2ccc(O)cc2)Oc2cc(O)cc(/C=C/c3ccc4c(c3)[C@H](c3cc(O)cc5c3[C@@H](c3cc(O)cc(O)c3)C(c3ccc(O)cc3)O5)C(c3ccc(O)cc3)O4)c2[C@@H]1c1cc(O)cc(O)c1. The van der Waals surface area contributed by atoms with E-state index < -0.39 is 35.6 Å². The van der Waals surface area contributed by atoms with Gasteiger partial charge in [-0.05, 0) is 136 Å². The predicted octanol–water partition coefficient (Wildman–Crippen LogP) is 11.2. The fourth-order valence-corrected chi connectivity index (χ4v) is 10.6. The van der Waals surface area contributed by atoms with Gasteiger partial charge < -0.3 is 60.2 Å². The van der Waals surface area contributed by atoms with Gasteiger partial charge in [-0.25, -0.2) is 0 Å². The minimum Gasteiger partial charge on any atom is -0.508 e. The van der Waals surface area contributed by atoms with Crippen molar-refractivity contribution in [3.63, 3.8) is 0 Å². The Labute approximate surface area is 395 Å². The molecule has 3 aliphatic rings. The number of fused-ring (bicyclic) bond motifs is 3. The Morgan fingerprint density at radius 2 is 0.899 bits per heavy atom. The van der Waals surface area contributed by atoms with E-state index in [0.29, 0.717) is 61.8 Å². The quantitative estimate of drug-likeness (QED) is 0.0652. The lowest BCUT2D eigenvalue weighted by molar-refractivity contribution is 0.0985. The number of hydrogen-bond donors (Lipinski definition) is 9. The summed E-state index contributed by atoms with van der Waals surface area (Å²) in [6.45, 7) is 1.88. The summed E-state index contributed by atoms with van der Waals surface area (Å²) < 4.78 is 20.2. The van der Waals surface area contributed by atoms with Crippen LogP contribution in [0.4, 0.5) is 0 Å². The Bertz CT molecular complexity index is 3310. The molecule has 0 radical (unpaired) electrons. The van der Waals surface area contributed by atoms with Gasteiger partial charge in [-0.3, -0.25) is 0 Å². The van der Waals surface area contributed by atoms with E-state index in [0.717, 1.165) is 16.7 Å². The smallest absolute Gasteiger partial charge is 0.142 e. The molecule has 0 saturated heterocycles. The first-order chi connectivity index (χ1) is 33.2. The van der Waals surface area contributed by atoms with Gasteiger partial charge in [0.1, 0.15) is 86.8 Å². The monoisotopic (exact) mass is 920 g/mol. The minimum absolute atomic E-state index is 0.0554. The number of phenolic OH excluding ortho intramolecular Hbond substituents is 9. The molecule has 0 spiro atoms. The van der Waals surface area contributed by atoms with Crippen LogP contribution in [0.1, 0.15) is 98.1 Å². The number of hydrogen-bond acceptors (Lipinski definition) is 12. The molecule has 11 rings (SSSR count). The van der Waals surface area contributed by atoms with Crippen molar-refractivity contribution in [2.75, 3.05) is 0 Å². The van der Waals surface area contributed by atoms with Gasteiger partial charge in [0.25, 0.3) is 0 Å². The van der Waals surface area contributed by atoms with Crippen LogP contribution in [-0.2, 0) is 5.60 Å². The van der Waals surface area contributed by atoms with Gasteiger partial charge in [-0.15, -0.1) is 0 Å². The van der Waals surface area contributed by atoms with E-state index in [1.165, 1.54) is 24.3 Å². The van der Waals surface area contributed by atoms with Gasteiger partial charge in [-0.1, -0.05) is 54.6 Å². The third-order valence-electron chi connectivity index (χ3n) is 13.5. The van der Waals surface area contributed by atoms with Crippen LogP contribution in [0.15, 0.2) is 152 Å². The highest BCUT2D eigenvalue weighted by molar-refractivity contribution is 5.77. The lowest BCUT2D eigenvalue weighted by Crippen LogP contribution is -2.32. The van der Waals surface area contributed by atoms with Gasteiger partial charge in [0.2, 0.25) is 0 Å². The lowest BCUT2D eigenvalue weighted by atomic mass is 9.75. The van der Waals surface area contributed by atoms with Crippen molar-refractivity contribution in [1.82, 2.24) is 0 Å². The summed E-state index contributed by atoms with van der Waals surface area (Å²) in [7, 11) is 0. The summed E-state index contributed by atoms with van der Waals surface area (Å²) in [6, 6.07) is 40.8. The molecule has 0 aliphatic carbocycles. The van der Waals surface area contributed by atoms with Crippen molar-refractivity contribution in [3.05, 3.63) is 213 Å². The molecule has 0 fully saturated rings. The van der Waals surface area contributed by atoms with Crippen molar-refractivity contribution in [2.45, 2.75) is 42.5 Å². The lowest BCUT2D eigenvalue weighted by Gasteiger charge is -2.32. The molecular formula is C57H44O12. The van der Waals surface area contributed by atoms with Crippen LogP contribution in [-0.4, -0.2) is 46.0 Å². The Hall–Kier alpha value is -8.90. The Morgan fingerprint density at radius 3 is 1.51 bits per heavy atom. The van der Waals surface area contributed by atoms with Crippen LogP contribution >= 0.6 is 0 Å². The maximum absolute atomic E-state index is 11.5. The van der Waals surface area contributed by atoms with E-state index in [2.05, 4.69) is 0 Å². The molecule has 0 saturated carbocycles. The summed E-state index contributed by atoms with van der Waals surface area (Å²) >= 11 is 0. The topological polar surface area (TPSA) is 210 Å². The zero-order valence-corrected chi connectivity index (χ0v) is 36.7. The van der Waals surface area contributed by atoms with E-state index >= 15 is 0 Å². The third-order valence-corrected chi connectivity index (χ3v) is 13.5. The highest BCUT2D eigenvalue weighted by Gasteiger charge is 2.49. The van der Waals surface area contributed by atoms with Crippen LogP contribution in [0.25, 0.3) is 12.2 Å². The Balaban J connectivity index is 1.06. The molecular weight excluding hydrogens is 877 g/mol. The second kappa shape index (κ2) is 16.2. The predicted molar refractivity (Wildman–Crippen MR) is 256 cm³/mol. The van der Waals surface area contributed by atoms with E-state index in [-0.39, 0.29) is 51.7 Å². The van der Waals surface area contributed by atoms with Crippen LogP contribution < -0.4 is 14.2 Å². The summed E-state index contributed by atoms with van der Waals surface area (Å²) in [5.74, 6) is -1.08. The number of rotatable bonds is 8. The second-order valence-corrected chi connectivity index (χ2v) is 18.0. The maximum Gasteiger partial charge on any atom is 0.142 e. The average molecular weight is 921 g/mol. The second-order valence-electron chi connectivity index (χ2n) is 18.0. The largest absolute Gasteiger partial charge is 0.508 e. The number of phenols is 9. The molecule has 9 N–H and O–H groups in total. The minimum atomic E-state index is -1.13. The van der Waals surface area contributed by atoms with Gasteiger partial charge in [-0.2, -0.15) is 0 Å². The fraction of sp³-hybridized carbons (Fsp3) is 0.123. The van der Waals surface area contributed by atoms with E-state index in [9.17, 15) is 46.0 Å². The van der Waals surface area contributed by atoms with E-state index in [4.69, 9.17) is 14.2 Å². The first-order valence-corrected chi connectivity index (χ1v) is 22.2. The highest BCUT2D eigenvalue weighted by atomic mass is 16.5. The zero-order chi connectivity index (χ0) is 47.9. The Kier molecular flexibility index (Phi) is 10.0. The van der Waals surface area contributed by atoms with Crippen molar-refractivity contribution in [2.24, 2.45) is 0 Å². The summed E-state index contributed by atoms with van der Waals surface area (Å²) in [5.41, 5.74) is 6.19. The molecule has 8 aromatic rings. The van der Waals surface area contributed by atoms with Gasteiger partial charge in [0, 0.05) is 41.0 Å². The van der Waals surface area contributed by atoms with Crippen LogP contribution in [0.5, 0.6) is 69.0 Å². The molecule has 3 heterocycles. The highest BCUT2D eigenvalue weighted by Crippen LogP contribution is 2.60. The molecule has 8 aromatic carbocycles. The van der Waals surface area contributed by atoms with E-state index in [1.54, 1.807) is 109 Å². The number of ether oxygens (including phenoxy) is 3. The molecule has 0 bridgehead atoms. The van der Waals surface area contributed by atoms with E-state index in [1.807, 2.05) is 37.3 Å². The standard InChI is InChI=1S/C57H44O12/c1-57(35-9-15-38(60)16-10-35)54(34-22-41(63)25-42(64)23-34)50-32(19-43(65)28-49(50)69-57)4-2-29-3-17-47-45(18-29)52(56(67-47)31-7-13-37(59)14-8-31)46-26-44(66)27-48-53(46)51(33-20-39(61)24-40(62)21-33)55(68-48)30-5-11-36(58)12-6-30/h2-28,51-52,54-56,58-66H,1H3/b4-2+/t51-,52-,54+,55?,56?,57-/m1/s1. The van der Waals surface area contributed by atoms with Crippen LogP contribution in [0, 0.1) is 0 Å². The van der Waals surface area contributed by atoms with Crippen molar-refractivity contribution < 1.29 is 60.2 Å². The maximum atomic E-state index is 11.5. The average Bonchev–Trinajstić information content (AvgIpc) is 3.97. The molecule has 344 valence electrons. The molecule has 12 heteroatoms. The van der Waals surface area contributed by atoms with Gasteiger partial charge in [0.15, 0.2) is 0 Å². The molecule has 69 heavy (non-hydrogen) atoms. The molecule has 0 aromatic heterocycles. The Morgan fingerprint density at radius 1 is 0.391 bits per heavy atom.